The monoisotopic (exact) mass is 430 g/mol. The van der Waals surface area contributed by atoms with Gasteiger partial charge in [0.2, 0.25) is 0 Å². The summed E-state index contributed by atoms with van der Waals surface area (Å²) in [5.41, 5.74) is 2.02. The van der Waals surface area contributed by atoms with Crippen molar-refractivity contribution in [3.05, 3.63) is 59.2 Å². The minimum absolute atomic E-state index is 0.0584. The predicted octanol–water partition coefficient (Wildman–Crippen LogP) is 3.32. The number of carbonyl (C=O) groups excluding carboxylic acids is 2. The first kappa shape index (κ1) is 21.8. The zero-order chi connectivity index (χ0) is 21.7. The summed E-state index contributed by atoms with van der Waals surface area (Å²) in [5, 5.41) is 2.85. The highest BCUT2D eigenvalue weighted by Gasteiger charge is 2.21. The normalized spacial score (nSPS) is 14.3. The van der Waals surface area contributed by atoms with Crippen molar-refractivity contribution in [3.8, 4) is 0 Å². The van der Waals surface area contributed by atoms with Gasteiger partial charge in [0.1, 0.15) is 0 Å². The molecule has 7 nitrogen and oxygen atoms in total. The summed E-state index contributed by atoms with van der Waals surface area (Å²) in [7, 11) is -3.89. The molecule has 2 aromatic carbocycles. The van der Waals surface area contributed by atoms with Crippen molar-refractivity contribution in [3.63, 3.8) is 0 Å². The number of esters is 1. The molecule has 3 rings (SSSR count). The molecule has 160 valence electrons. The Morgan fingerprint density at radius 3 is 2.50 bits per heavy atom. The van der Waals surface area contributed by atoms with Crippen LogP contribution in [-0.2, 0) is 19.6 Å². The molecule has 0 aliphatic heterocycles. The van der Waals surface area contributed by atoms with E-state index < -0.39 is 22.6 Å². The number of ether oxygens (including phenoxy) is 1. The summed E-state index contributed by atoms with van der Waals surface area (Å²) in [6, 6.07) is 11.4. The van der Waals surface area contributed by atoms with Crippen molar-refractivity contribution in [2.24, 2.45) is 0 Å². The van der Waals surface area contributed by atoms with Crippen LogP contribution in [0.2, 0.25) is 0 Å². The van der Waals surface area contributed by atoms with Crippen LogP contribution in [0.15, 0.2) is 47.4 Å². The summed E-state index contributed by atoms with van der Waals surface area (Å²) >= 11 is 0. The largest absolute Gasteiger partial charge is 0.452 e. The number of sulfonamides is 1. The molecule has 0 radical (unpaired) electrons. The van der Waals surface area contributed by atoms with E-state index in [0.717, 1.165) is 31.2 Å². The Morgan fingerprint density at radius 2 is 1.80 bits per heavy atom. The van der Waals surface area contributed by atoms with Crippen LogP contribution in [0.3, 0.4) is 0 Å². The standard InChI is InChI=1S/C22H26N2O5S/c1-15-6-5-9-18(12-15)24-30(27,28)19-11-10-16(2)20(13-19)22(26)29-14-21(25)23-17-7-3-4-8-17/h5-6,9-13,17,24H,3-4,7-8,14H2,1-2H3,(H,23,25). The first-order valence-corrected chi connectivity index (χ1v) is 11.4. The Balaban J connectivity index is 1.69. The third kappa shape index (κ3) is 5.60. The highest BCUT2D eigenvalue weighted by atomic mass is 32.2. The molecule has 1 aliphatic carbocycles. The number of anilines is 1. The molecule has 30 heavy (non-hydrogen) atoms. The van der Waals surface area contributed by atoms with Crippen LogP contribution in [0.5, 0.6) is 0 Å². The second kappa shape index (κ2) is 9.30. The van der Waals surface area contributed by atoms with Gasteiger partial charge in [0.15, 0.2) is 6.61 Å². The maximum atomic E-state index is 12.7. The van der Waals surface area contributed by atoms with Gasteiger partial charge in [-0.2, -0.15) is 0 Å². The lowest BCUT2D eigenvalue weighted by molar-refractivity contribution is -0.124. The van der Waals surface area contributed by atoms with E-state index in [-0.39, 0.29) is 22.4 Å². The van der Waals surface area contributed by atoms with E-state index in [1.165, 1.54) is 12.1 Å². The topological polar surface area (TPSA) is 102 Å². The van der Waals surface area contributed by atoms with Gasteiger partial charge in [-0.05, 0) is 62.1 Å². The summed E-state index contributed by atoms with van der Waals surface area (Å²) < 4.78 is 33.1. The van der Waals surface area contributed by atoms with E-state index in [1.54, 1.807) is 31.2 Å². The molecule has 0 saturated heterocycles. The zero-order valence-electron chi connectivity index (χ0n) is 17.1. The maximum absolute atomic E-state index is 12.7. The molecule has 0 aromatic heterocycles. The van der Waals surface area contributed by atoms with Gasteiger partial charge in [-0.25, -0.2) is 13.2 Å². The van der Waals surface area contributed by atoms with Gasteiger partial charge in [-0.3, -0.25) is 9.52 Å². The smallest absolute Gasteiger partial charge is 0.338 e. The molecular weight excluding hydrogens is 404 g/mol. The van der Waals surface area contributed by atoms with Gasteiger partial charge in [-0.15, -0.1) is 0 Å². The SMILES string of the molecule is Cc1cccc(NS(=O)(=O)c2ccc(C)c(C(=O)OCC(=O)NC3CCCC3)c2)c1. The van der Waals surface area contributed by atoms with E-state index >= 15 is 0 Å². The van der Waals surface area contributed by atoms with E-state index in [2.05, 4.69) is 10.0 Å². The molecule has 1 saturated carbocycles. The first-order valence-electron chi connectivity index (χ1n) is 9.91. The molecule has 1 fully saturated rings. The maximum Gasteiger partial charge on any atom is 0.338 e. The second-order valence-electron chi connectivity index (χ2n) is 7.58. The Labute approximate surface area is 176 Å². The van der Waals surface area contributed by atoms with Crippen molar-refractivity contribution >= 4 is 27.6 Å². The van der Waals surface area contributed by atoms with Gasteiger partial charge < -0.3 is 10.1 Å². The predicted molar refractivity (Wildman–Crippen MR) is 114 cm³/mol. The zero-order valence-corrected chi connectivity index (χ0v) is 17.9. The van der Waals surface area contributed by atoms with Crippen molar-refractivity contribution in [1.82, 2.24) is 5.32 Å². The average molecular weight is 431 g/mol. The number of rotatable bonds is 7. The fourth-order valence-corrected chi connectivity index (χ4v) is 4.53. The molecular formula is C22H26N2O5S. The summed E-state index contributed by atoms with van der Waals surface area (Å²) in [4.78, 5) is 24.4. The third-order valence-electron chi connectivity index (χ3n) is 5.06. The Hall–Kier alpha value is -2.87. The van der Waals surface area contributed by atoms with Crippen molar-refractivity contribution < 1.29 is 22.7 Å². The molecule has 1 aliphatic rings. The third-order valence-corrected chi connectivity index (χ3v) is 6.44. The van der Waals surface area contributed by atoms with Crippen LogP contribution in [0.25, 0.3) is 0 Å². The highest BCUT2D eigenvalue weighted by molar-refractivity contribution is 7.92. The minimum atomic E-state index is -3.89. The number of hydrogen-bond donors (Lipinski definition) is 2. The number of nitrogens with one attached hydrogen (secondary N) is 2. The molecule has 0 heterocycles. The number of amides is 1. The van der Waals surface area contributed by atoms with E-state index in [0.29, 0.717) is 11.3 Å². The Morgan fingerprint density at radius 1 is 1.07 bits per heavy atom. The van der Waals surface area contributed by atoms with Gasteiger partial charge in [0.05, 0.1) is 10.5 Å². The van der Waals surface area contributed by atoms with Gasteiger partial charge in [0, 0.05) is 11.7 Å². The molecule has 8 heteroatoms. The lowest BCUT2D eigenvalue weighted by atomic mass is 10.1. The second-order valence-corrected chi connectivity index (χ2v) is 9.26. The van der Waals surface area contributed by atoms with E-state index in [9.17, 15) is 18.0 Å². The molecule has 0 atom stereocenters. The number of hydrogen-bond acceptors (Lipinski definition) is 5. The summed E-state index contributed by atoms with van der Waals surface area (Å²) in [6.07, 6.45) is 4.04. The summed E-state index contributed by atoms with van der Waals surface area (Å²) in [6.45, 7) is 3.15. The van der Waals surface area contributed by atoms with Crippen molar-refractivity contribution in [2.75, 3.05) is 11.3 Å². The number of benzene rings is 2. The quantitative estimate of drug-likeness (QED) is 0.656. The Bertz CT molecular complexity index is 1040. The van der Waals surface area contributed by atoms with Gasteiger partial charge >= 0.3 is 5.97 Å². The van der Waals surface area contributed by atoms with E-state index in [4.69, 9.17) is 4.74 Å². The lowest BCUT2D eigenvalue weighted by Gasteiger charge is -2.13. The number of aryl methyl sites for hydroxylation is 2. The first-order chi connectivity index (χ1) is 14.2. The molecule has 2 N–H and O–H groups in total. The van der Waals surface area contributed by atoms with Gasteiger partial charge in [0.25, 0.3) is 15.9 Å². The van der Waals surface area contributed by atoms with Crippen LogP contribution in [0.1, 0.15) is 47.2 Å². The average Bonchev–Trinajstić information content (AvgIpc) is 3.19. The van der Waals surface area contributed by atoms with E-state index in [1.807, 2.05) is 13.0 Å². The molecule has 0 spiro atoms. The highest BCUT2D eigenvalue weighted by Crippen LogP contribution is 2.21. The molecule has 2 aromatic rings. The molecule has 0 unspecified atom stereocenters. The van der Waals surface area contributed by atoms with Gasteiger partial charge in [-0.1, -0.05) is 31.0 Å². The van der Waals surface area contributed by atoms with Crippen molar-refractivity contribution in [1.29, 1.82) is 0 Å². The Kier molecular flexibility index (Phi) is 6.77. The van der Waals surface area contributed by atoms with Crippen LogP contribution in [0.4, 0.5) is 5.69 Å². The lowest BCUT2D eigenvalue weighted by Crippen LogP contribution is -2.36. The molecule has 0 bridgehead atoms. The fourth-order valence-electron chi connectivity index (χ4n) is 3.46. The van der Waals surface area contributed by atoms with Crippen LogP contribution >= 0.6 is 0 Å². The minimum Gasteiger partial charge on any atom is -0.452 e. The summed E-state index contributed by atoms with van der Waals surface area (Å²) in [5.74, 6) is -1.08. The van der Waals surface area contributed by atoms with Crippen LogP contribution in [-0.4, -0.2) is 32.9 Å². The van der Waals surface area contributed by atoms with Crippen molar-refractivity contribution in [2.45, 2.75) is 50.5 Å². The number of carbonyl (C=O) groups is 2. The molecule has 1 amide bonds. The van der Waals surface area contributed by atoms with Crippen LogP contribution < -0.4 is 10.0 Å². The van der Waals surface area contributed by atoms with Crippen LogP contribution in [0, 0.1) is 13.8 Å². The fraction of sp³-hybridized carbons (Fsp3) is 0.364.